The first-order valence-corrected chi connectivity index (χ1v) is 7.28. The number of nitrogens with zero attached hydrogens (tertiary/aromatic N) is 1. The SMILES string of the molecule is CN[C@@H](Cc1ccc(-c2ccc(Cl)cc2C)nc1)C(C)=O. The number of ketones is 1. The summed E-state index contributed by atoms with van der Waals surface area (Å²) < 4.78 is 0. The van der Waals surface area contributed by atoms with Gasteiger partial charge in [0.25, 0.3) is 0 Å². The maximum absolute atomic E-state index is 11.4. The average Bonchev–Trinajstić information content (AvgIpc) is 2.45. The maximum atomic E-state index is 11.4. The molecule has 0 aliphatic carbocycles. The molecule has 1 N–H and O–H groups in total. The molecule has 1 heterocycles. The van der Waals surface area contributed by atoms with Gasteiger partial charge >= 0.3 is 0 Å². The quantitative estimate of drug-likeness (QED) is 0.920. The summed E-state index contributed by atoms with van der Waals surface area (Å²) in [7, 11) is 1.80. The molecule has 0 amide bonds. The first-order chi connectivity index (χ1) is 10.0. The van der Waals surface area contributed by atoms with E-state index in [1.165, 1.54) is 0 Å². The smallest absolute Gasteiger partial charge is 0.147 e. The molecule has 2 aromatic rings. The van der Waals surface area contributed by atoms with Gasteiger partial charge in [0.15, 0.2) is 0 Å². The average molecular weight is 303 g/mol. The molecule has 0 fully saturated rings. The number of nitrogens with one attached hydrogen (secondary N) is 1. The Labute approximate surface area is 130 Å². The van der Waals surface area contributed by atoms with Crippen molar-refractivity contribution in [3.8, 4) is 11.3 Å². The second-order valence-corrected chi connectivity index (χ2v) is 5.60. The van der Waals surface area contributed by atoms with Crippen LogP contribution >= 0.6 is 11.6 Å². The van der Waals surface area contributed by atoms with Crippen molar-refractivity contribution in [2.24, 2.45) is 0 Å². The van der Waals surface area contributed by atoms with Crippen molar-refractivity contribution in [2.45, 2.75) is 26.3 Å². The highest BCUT2D eigenvalue weighted by Crippen LogP contribution is 2.24. The molecule has 4 heteroatoms. The molecule has 2 rings (SSSR count). The minimum atomic E-state index is -0.157. The maximum Gasteiger partial charge on any atom is 0.147 e. The highest BCUT2D eigenvalue weighted by Gasteiger charge is 2.12. The van der Waals surface area contributed by atoms with Gasteiger partial charge in [-0.05, 0) is 56.6 Å². The molecule has 110 valence electrons. The lowest BCUT2D eigenvalue weighted by molar-refractivity contribution is -0.118. The Bertz CT molecular complexity index is 638. The van der Waals surface area contributed by atoms with E-state index < -0.39 is 0 Å². The van der Waals surface area contributed by atoms with E-state index in [0.717, 1.165) is 27.4 Å². The summed E-state index contributed by atoms with van der Waals surface area (Å²) in [5, 5.41) is 3.75. The lowest BCUT2D eigenvalue weighted by atomic mass is 10.0. The van der Waals surface area contributed by atoms with E-state index in [4.69, 9.17) is 11.6 Å². The fraction of sp³-hybridized carbons (Fsp3) is 0.294. The zero-order valence-corrected chi connectivity index (χ0v) is 13.2. The zero-order valence-electron chi connectivity index (χ0n) is 12.5. The number of hydrogen-bond donors (Lipinski definition) is 1. The second-order valence-electron chi connectivity index (χ2n) is 5.17. The van der Waals surface area contributed by atoms with Crippen LogP contribution in [-0.4, -0.2) is 23.9 Å². The van der Waals surface area contributed by atoms with E-state index in [0.29, 0.717) is 6.42 Å². The highest BCUT2D eigenvalue weighted by atomic mass is 35.5. The number of carbonyl (C=O) groups excluding carboxylic acids is 1. The van der Waals surface area contributed by atoms with Crippen molar-refractivity contribution >= 4 is 17.4 Å². The standard InChI is InChI=1S/C17H19ClN2O/c1-11-8-14(18)5-6-15(11)16-7-4-13(10-20-16)9-17(19-3)12(2)21/h4-8,10,17,19H,9H2,1-3H3/t17-/m0/s1. The second kappa shape index (κ2) is 6.83. The monoisotopic (exact) mass is 302 g/mol. The molecule has 0 aliphatic rings. The van der Waals surface area contributed by atoms with Gasteiger partial charge in [-0.1, -0.05) is 23.7 Å². The molecule has 0 saturated heterocycles. The molecule has 1 atom stereocenters. The van der Waals surface area contributed by atoms with E-state index in [1.807, 2.05) is 43.5 Å². The molecule has 21 heavy (non-hydrogen) atoms. The lowest BCUT2D eigenvalue weighted by Crippen LogP contribution is -2.34. The van der Waals surface area contributed by atoms with E-state index in [-0.39, 0.29) is 11.8 Å². The minimum absolute atomic E-state index is 0.134. The Morgan fingerprint density at radius 1 is 1.33 bits per heavy atom. The molecular formula is C17H19ClN2O. The normalized spacial score (nSPS) is 12.2. The zero-order chi connectivity index (χ0) is 15.4. The van der Waals surface area contributed by atoms with Crippen molar-refractivity contribution in [1.82, 2.24) is 10.3 Å². The number of hydrogen-bond acceptors (Lipinski definition) is 3. The first-order valence-electron chi connectivity index (χ1n) is 6.90. The summed E-state index contributed by atoms with van der Waals surface area (Å²) in [6, 6.07) is 9.62. The van der Waals surface area contributed by atoms with Gasteiger partial charge in [-0.25, -0.2) is 0 Å². The summed E-state index contributed by atoms with van der Waals surface area (Å²) in [6.45, 7) is 3.61. The first kappa shape index (κ1) is 15.7. The van der Waals surface area contributed by atoms with Crippen molar-refractivity contribution < 1.29 is 4.79 Å². The van der Waals surface area contributed by atoms with E-state index in [1.54, 1.807) is 14.0 Å². The van der Waals surface area contributed by atoms with Crippen LogP contribution in [-0.2, 0) is 11.2 Å². The molecule has 1 aromatic heterocycles. The Morgan fingerprint density at radius 2 is 2.10 bits per heavy atom. The lowest BCUT2D eigenvalue weighted by Gasteiger charge is -2.13. The summed E-state index contributed by atoms with van der Waals surface area (Å²) in [4.78, 5) is 16.0. The van der Waals surface area contributed by atoms with Crippen molar-refractivity contribution in [3.05, 3.63) is 52.7 Å². The Morgan fingerprint density at radius 3 is 2.62 bits per heavy atom. The third-order valence-corrected chi connectivity index (χ3v) is 3.80. The third kappa shape index (κ3) is 3.90. The van der Waals surface area contributed by atoms with Gasteiger partial charge in [0.1, 0.15) is 5.78 Å². The van der Waals surface area contributed by atoms with E-state index in [2.05, 4.69) is 10.3 Å². The molecule has 0 radical (unpaired) electrons. The number of likely N-dealkylation sites (N-methyl/N-ethyl adjacent to an activating group) is 1. The van der Waals surface area contributed by atoms with E-state index >= 15 is 0 Å². The van der Waals surface area contributed by atoms with Gasteiger partial charge in [0, 0.05) is 16.8 Å². The van der Waals surface area contributed by atoms with Crippen molar-refractivity contribution in [3.63, 3.8) is 0 Å². The van der Waals surface area contributed by atoms with Crippen molar-refractivity contribution in [1.29, 1.82) is 0 Å². The van der Waals surface area contributed by atoms with Crippen LogP contribution in [0.1, 0.15) is 18.1 Å². The van der Waals surface area contributed by atoms with Crippen LogP contribution in [0, 0.1) is 6.92 Å². The predicted molar refractivity (Wildman–Crippen MR) is 86.7 cm³/mol. The fourth-order valence-corrected chi connectivity index (χ4v) is 2.53. The number of rotatable bonds is 5. The summed E-state index contributed by atoms with van der Waals surface area (Å²) in [5.41, 5.74) is 4.12. The van der Waals surface area contributed by atoms with Gasteiger partial charge in [-0.2, -0.15) is 0 Å². The molecule has 0 spiro atoms. The number of pyridine rings is 1. The number of aromatic nitrogens is 1. The van der Waals surface area contributed by atoms with Crippen LogP contribution in [0.15, 0.2) is 36.5 Å². The molecular weight excluding hydrogens is 284 g/mol. The topological polar surface area (TPSA) is 42.0 Å². The molecule has 0 bridgehead atoms. The van der Waals surface area contributed by atoms with Gasteiger partial charge in [-0.15, -0.1) is 0 Å². The number of carbonyl (C=O) groups is 1. The van der Waals surface area contributed by atoms with Gasteiger partial charge in [0.05, 0.1) is 11.7 Å². The van der Waals surface area contributed by atoms with Crippen LogP contribution in [0.3, 0.4) is 0 Å². The minimum Gasteiger partial charge on any atom is -0.310 e. The van der Waals surface area contributed by atoms with Gasteiger partial charge < -0.3 is 5.32 Å². The molecule has 1 aromatic carbocycles. The van der Waals surface area contributed by atoms with Crippen LogP contribution in [0.2, 0.25) is 5.02 Å². The highest BCUT2D eigenvalue weighted by molar-refractivity contribution is 6.30. The van der Waals surface area contributed by atoms with Crippen LogP contribution < -0.4 is 5.32 Å². The number of halogens is 1. The Hall–Kier alpha value is -1.71. The molecule has 3 nitrogen and oxygen atoms in total. The predicted octanol–water partition coefficient (Wildman–Crippen LogP) is 3.43. The van der Waals surface area contributed by atoms with Crippen molar-refractivity contribution in [2.75, 3.05) is 7.05 Å². The van der Waals surface area contributed by atoms with Crippen LogP contribution in [0.4, 0.5) is 0 Å². The molecule has 0 aliphatic heterocycles. The van der Waals surface area contributed by atoms with Crippen LogP contribution in [0.25, 0.3) is 11.3 Å². The molecule has 0 unspecified atom stereocenters. The summed E-state index contributed by atoms with van der Waals surface area (Å²) >= 11 is 5.97. The third-order valence-electron chi connectivity index (χ3n) is 3.57. The number of benzene rings is 1. The van der Waals surface area contributed by atoms with E-state index in [9.17, 15) is 4.79 Å². The van der Waals surface area contributed by atoms with Gasteiger partial charge in [0.2, 0.25) is 0 Å². The van der Waals surface area contributed by atoms with Gasteiger partial charge in [-0.3, -0.25) is 9.78 Å². The number of Topliss-reactive ketones (excluding diaryl/α,β-unsaturated/α-hetero) is 1. The number of aryl methyl sites for hydroxylation is 1. The Kier molecular flexibility index (Phi) is 5.10. The molecule has 0 saturated carbocycles. The Balaban J connectivity index is 2.20. The van der Waals surface area contributed by atoms with Crippen LogP contribution in [0.5, 0.6) is 0 Å². The summed E-state index contributed by atoms with van der Waals surface area (Å²) in [6.07, 6.45) is 2.48. The fourth-order valence-electron chi connectivity index (χ4n) is 2.30. The summed E-state index contributed by atoms with van der Waals surface area (Å²) in [5.74, 6) is 0.134. The largest absolute Gasteiger partial charge is 0.310 e.